The van der Waals surface area contributed by atoms with Crippen LogP contribution >= 0.6 is 0 Å². The molecule has 29 heavy (non-hydrogen) atoms. The third-order valence-corrected chi connectivity index (χ3v) is 7.43. The minimum absolute atomic E-state index is 0.581. The van der Waals surface area contributed by atoms with E-state index in [0.29, 0.717) is 6.04 Å². The van der Waals surface area contributed by atoms with Crippen molar-refractivity contribution in [1.29, 1.82) is 0 Å². The molecule has 1 N–H and O–H groups in total. The fourth-order valence-corrected chi connectivity index (χ4v) is 5.79. The second-order valence-electron chi connectivity index (χ2n) is 9.27. The average Bonchev–Trinajstić information content (AvgIpc) is 3.14. The van der Waals surface area contributed by atoms with Gasteiger partial charge in [0.15, 0.2) is 0 Å². The number of nitrogens with one attached hydrogen (secondary N) is 1. The van der Waals surface area contributed by atoms with Gasteiger partial charge in [-0.3, -0.25) is 0 Å². The molecular weight excluding hydrogens is 358 g/mol. The van der Waals surface area contributed by atoms with Crippen LogP contribution in [0.25, 0.3) is 11.0 Å². The predicted octanol–water partition coefficient (Wildman–Crippen LogP) is 4.20. The van der Waals surface area contributed by atoms with Crippen LogP contribution in [-0.2, 0) is 0 Å². The lowest BCUT2D eigenvalue weighted by Gasteiger charge is -2.40. The van der Waals surface area contributed by atoms with Crippen LogP contribution in [0.2, 0.25) is 0 Å². The van der Waals surface area contributed by atoms with E-state index in [4.69, 9.17) is 4.98 Å². The molecule has 0 radical (unpaired) electrons. The van der Waals surface area contributed by atoms with Crippen LogP contribution in [0, 0.1) is 0 Å². The van der Waals surface area contributed by atoms with Gasteiger partial charge in [0.05, 0.1) is 11.0 Å². The summed E-state index contributed by atoms with van der Waals surface area (Å²) < 4.78 is 2.59. The molecule has 1 aliphatic carbocycles. The van der Waals surface area contributed by atoms with Crippen molar-refractivity contribution in [1.82, 2.24) is 19.8 Å². The molecule has 158 valence electrons. The molecule has 2 aromatic rings. The van der Waals surface area contributed by atoms with Gasteiger partial charge >= 0.3 is 0 Å². The van der Waals surface area contributed by atoms with Crippen molar-refractivity contribution >= 4 is 17.0 Å². The van der Waals surface area contributed by atoms with Crippen molar-refractivity contribution in [3.05, 3.63) is 24.3 Å². The van der Waals surface area contributed by atoms with Gasteiger partial charge in [-0.15, -0.1) is 0 Å². The number of nitrogens with zero attached hydrogens (tertiary/aromatic N) is 4. The zero-order chi connectivity index (χ0) is 19.5. The van der Waals surface area contributed by atoms with Gasteiger partial charge in [0.1, 0.15) is 0 Å². The number of likely N-dealkylation sites (tertiary alicyclic amines) is 1. The number of imidazole rings is 1. The normalized spacial score (nSPS) is 23.9. The second-order valence-corrected chi connectivity index (χ2v) is 9.27. The minimum Gasteiger partial charge on any atom is -0.340 e. The lowest BCUT2D eigenvalue weighted by molar-refractivity contribution is 0.117. The van der Waals surface area contributed by atoms with E-state index in [1.54, 1.807) is 0 Å². The summed E-state index contributed by atoms with van der Waals surface area (Å²) in [6.45, 7) is 6.74. The van der Waals surface area contributed by atoms with E-state index >= 15 is 0 Å². The highest BCUT2D eigenvalue weighted by Crippen LogP contribution is 2.34. The van der Waals surface area contributed by atoms with Gasteiger partial charge in [0, 0.05) is 51.4 Å². The Morgan fingerprint density at radius 3 is 2.21 bits per heavy atom. The number of aromatic nitrogens is 2. The molecule has 3 heterocycles. The van der Waals surface area contributed by atoms with Crippen molar-refractivity contribution in [2.75, 3.05) is 44.2 Å². The first-order valence-corrected chi connectivity index (χ1v) is 12.1. The quantitative estimate of drug-likeness (QED) is 0.845. The van der Waals surface area contributed by atoms with Gasteiger partial charge in [-0.1, -0.05) is 44.2 Å². The molecule has 0 bridgehead atoms. The Hall–Kier alpha value is -1.59. The summed E-state index contributed by atoms with van der Waals surface area (Å²) in [5.41, 5.74) is 2.48. The van der Waals surface area contributed by atoms with Crippen molar-refractivity contribution in [3.63, 3.8) is 0 Å². The Kier molecular flexibility index (Phi) is 6.05. The standard InChI is InChI=1S/C24H37N5/c1-2-4-8-20(9-5-3-1)27-16-12-21(13-17-27)29-23-11-7-6-10-22(23)26-24(29)28-18-14-25-15-19-28/h6-7,10-11,20-21,25H,1-5,8-9,12-19H2. The highest BCUT2D eigenvalue weighted by molar-refractivity contribution is 5.79. The van der Waals surface area contributed by atoms with E-state index in [9.17, 15) is 0 Å². The largest absolute Gasteiger partial charge is 0.340 e. The van der Waals surface area contributed by atoms with Gasteiger partial charge in [-0.25, -0.2) is 4.98 Å². The van der Waals surface area contributed by atoms with Gasteiger partial charge < -0.3 is 19.7 Å². The number of para-hydroxylation sites is 2. The van der Waals surface area contributed by atoms with Gasteiger partial charge in [0.2, 0.25) is 5.95 Å². The van der Waals surface area contributed by atoms with Crippen LogP contribution in [0.5, 0.6) is 0 Å². The molecule has 5 heteroatoms. The first-order chi connectivity index (χ1) is 14.4. The SMILES string of the molecule is c1ccc2c(c1)nc(N1CCNCC1)n2C1CCN(C2CCCCCCC2)CC1. The molecule has 2 saturated heterocycles. The van der Waals surface area contributed by atoms with Crippen LogP contribution in [0.4, 0.5) is 5.95 Å². The molecule has 5 rings (SSSR count). The number of fused-ring (bicyclic) bond motifs is 1. The smallest absolute Gasteiger partial charge is 0.206 e. The lowest BCUT2D eigenvalue weighted by Crippen LogP contribution is -2.45. The molecule has 2 aliphatic heterocycles. The van der Waals surface area contributed by atoms with Crippen molar-refractivity contribution in [2.24, 2.45) is 0 Å². The Balaban J connectivity index is 1.34. The topological polar surface area (TPSA) is 36.3 Å². The second kappa shape index (κ2) is 9.05. The summed E-state index contributed by atoms with van der Waals surface area (Å²) in [5, 5.41) is 3.48. The lowest BCUT2D eigenvalue weighted by atomic mass is 9.93. The monoisotopic (exact) mass is 395 g/mol. The van der Waals surface area contributed by atoms with Crippen LogP contribution in [0.15, 0.2) is 24.3 Å². The van der Waals surface area contributed by atoms with E-state index in [0.717, 1.165) is 37.7 Å². The van der Waals surface area contributed by atoms with Gasteiger partial charge in [-0.2, -0.15) is 0 Å². The highest BCUT2D eigenvalue weighted by atomic mass is 15.3. The maximum atomic E-state index is 5.09. The molecule has 3 fully saturated rings. The van der Waals surface area contributed by atoms with Crippen LogP contribution in [0.3, 0.4) is 0 Å². The van der Waals surface area contributed by atoms with Crippen molar-refractivity contribution in [2.45, 2.75) is 69.9 Å². The molecule has 0 unspecified atom stereocenters. The fourth-order valence-electron chi connectivity index (χ4n) is 5.79. The summed E-state index contributed by atoms with van der Waals surface area (Å²) in [5.74, 6) is 1.21. The van der Waals surface area contributed by atoms with E-state index in [1.807, 2.05) is 0 Å². The first kappa shape index (κ1) is 19.4. The Labute approximate surface area is 175 Å². The molecule has 1 saturated carbocycles. The summed E-state index contributed by atoms with van der Waals surface area (Å²) in [6, 6.07) is 10.2. The average molecular weight is 396 g/mol. The molecular formula is C24H37N5. The Morgan fingerprint density at radius 2 is 1.45 bits per heavy atom. The van der Waals surface area contributed by atoms with Crippen LogP contribution in [0.1, 0.15) is 63.8 Å². The molecule has 5 nitrogen and oxygen atoms in total. The fraction of sp³-hybridized carbons (Fsp3) is 0.708. The van der Waals surface area contributed by atoms with E-state index in [1.165, 1.54) is 82.3 Å². The summed E-state index contributed by atoms with van der Waals surface area (Å²) >= 11 is 0. The number of rotatable bonds is 3. The van der Waals surface area contributed by atoms with Crippen molar-refractivity contribution < 1.29 is 0 Å². The van der Waals surface area contributed by atoms with E-state index in [2.05, 4.69) is 43.9 Å². The summed E-state index contributed by atoms with van der Waals surface area (Å²) in [7, 11) is 0. The Morgan fingerprint density at radius 1 is 0.759 bits per heavy atom. The first-order valence-electron chi connectivity index (χ1n) is 12.1. The number of hydrogen-bond donors (Lipinski definition) is 1. The number of benzene rings is 1. The van der Waals surface area contributed by atoms with Crippen LogP contribution in [-0.4, -0.2) is 59.8 Å². The zero-order valence-electron chi connectivity index (χ0n) is 17.9. The number of piperidine rings is 1. The number of hydrogen-bond acceptors (Lipinski definition) is 4. The summed E-state index contributed by atoms with van der Waals surface area (Å²) in [4.78, 5) is 10.4. The minimum atomic E-state index is 0.581. The molecule has 0 atom stereocenters. The van der Waals surface area contributed by atoms with E-state index in [-0.39, 0.29) is 0 Å². The Bertz CT molecular complexity index is 778. The molecule has 0 spiro atoms. The third kappa shape index (κ3) is 4.17. The molecule has 1 aromatic carbocycles. The third-order valence-electron chi connectivity index (χ3n) is 7.43. The van der Waals surface area contributed by atoms with Gasteiger partial charge in [0.25, 0.3) is 0 Å². The van der Waals surface area contributed by atoms with Gasteiger partial charge in [-0.05, 0) is 37.8 Å². The van der Waals surface area contributed by atoms with Crippen molar-refractivity contribution in [3.8, 4) is 0 Å². The molecule has 3 aliphatic rings. The maximum Gasteiger partial charge on any atom is 0.206 e. The zero-order valence-corrected chi connectivity index (χ0v) is 17.9. The predicted molar refractivity (Wildman–Crippen MR) is 121 cm³/mol. The molecule has 1 aromatic heterocycles. The highest BCUT2D eigenvalue weighted by Gasteiger charge is 2.29. The van der Waals surface area contributed by atoms with Crippen LogP contribution < -0.4 is 10.2 Å². The maximum absolute atomic E-state index is 5.09. The molecule has 0 amide bonds. The number of piperazine rings is 1. The summed E-state index contributed by atoms with van der Waals surface area (Å²) in [6.07, 6.45) is 12.6. The number of anilines is 1. The van der Waals surface area contributed by atoms with E-state index < -0.39 is 0 Å².